The van der Waals surface area contributed by atoms with E-state index in [0.717, 1.165) is 16.9 Å². The molecule has 0 aliphatic rings. The molecule has 0 radical (unpaired) electrons. The van der Waals surface area contributed by atoms with Crippen molar-refractivity contribution in [2.75, 3.05) is 21.3 Å². The Morgan fingerprint density at radius 2 is 1.65 bits per heavy atom. The predicted octanol–water partition coefficient (Wildman–Crippen LogP) is 4.50. The van der Waals surface area contributed by atoms with Crippen LogP contribution >= 0.6 is 0 Å². The lowest BCUT2D eigenvalue weighted by atomic mass is 10.0. The highest BCUT2D eigenvalue weighted by atomic mass is 16.5. The van der Waals surface area contributed by atoms with Gasteiger partial charge in [0.25, 0.3) is 6.04 Å². The molecule has 0 heterocycles. The van der Waals surface area contributed by atoms with Gasteiger partial charge in [0.15, 0.2) is 11.5 Å². The molecule has 0 saturated heterocycles. The number of hydrogen-bond donors (Lipinski definition) is 0. The average Bonchev–Trinajstić information content (AvgIpc) is 2.70. The first-order chi connectivity index (χ1) is 12.6. The van der Waals surface area contributed by atoms with E-state index in [4.69, 9.17) is 27.4 Å². The second kappa shape index (κ2) is 9.15. The summed E-state index contributed by atoms with van der Waals surface area (Å²) >= 11 is 0. The van der Waals surface area contributed by atoms with Crippen LogP contribution in [-0.2, 0) is 6.42 Å². The minimum absolute atomic E-state index is 0.392. The van der Waals surface area contributed by atoms with Crippen LogP contribution in [-0.4, -0.2) is 27.4 Å². The smallest absolute Gasteiger partial charge is 0.265 e. The first kappa shape index (κ1) is 18.9. The first-order valence-corrected chi connectivity index (χ1v) is 7.95. The van der Waals surface area contributed by atoms with Crippen molar-refractivity contribution in [2.24, 2.45) is 0 Å². The zero-order chi connectivity index (χ0) is 18.9. The van der Waals surface area contributed by atoms with E-state index in [9.17, 15) is 0 Å². The number of rotatable bonds is 7. The maximum atomic E-state index is 7.50. The van der Waals surface area contributed by atoms with Crippen molar-refractivity contribution in [3.63, 3.8) is 0 Å². The van der Waals surface area contributed by atoms with Crippen molar-refractivity contribution in [3.05, 3.63) is 82.1 Å². The zero-order valence-corrected chi connectivity index (χ0v) is 15.0. The van der Waals surface area contributed by atoms with Crippen LogP contribution in [0.15, 0.2) is 48.2 Å². The van der Waals surface area contributed by atoms with Crippen LogP contribution in [0.5, 0.6) is 17.2 Å². The molecular weight excluding hydrogens is 328 g/mol. The molecule has 132 valence electrons. The summed E-state index contributed by atoms with van der Waals surface area (Å²) in [5.74, 6) is 1.97. The van der Waals surface area contributed by atoms with Crippen molar-refractivity contribution in [1.29, 1.82) is 0 Å². The van der Waals surface area contributed by atoms with E-state index in [1.54, 1.807) is 39.5 Å². The minimum Gasteiger partial charge on any atom is -0.497 e. The lowest BCUT2D eigenvalue weighted by Gasteiger charge is -2.09. The summed E-state index contributed by atoms with van der Waals surface area (Å²) < 4.78 is 15.7. The van der Waals surface area contributed by atoms with Gasteiger partial charge in [0, 0.05) is 6.42 Å². The largest absolute Gasteiger partial charge is 0.497 e. The lowest BCUT2D eigenvalue weighted by Crippen LogP contribution is -2.08. The normalized spacial score (nSPS) is 11.8. The SMILES string of the molecule is [C-]#[N+]C(=Cc1ccc(OC)c(OC)c1)C(Cc1ccc(OC)cc1)[N+]#[C-]. The molecule has 0 N–H and O–H groups in total. The van der Waals surface area contributed by atoms with E-state index in [-0.39, 0.29) is 0 Å². The monoisotopic (exact) mass is 348 g/mol. The Morgan fingerprint density at radius 3 is 2.19 bits per heavy atom. The van der Waals surface area contributed by atoms with E-state index in [1.807, 2.05) is 30.3 Å². The second-order valence-corrected chi connectivity index (χ2v) is 5.49. The van der Waals surface area contributed by atoms with Gasteiger partial charge in [-0.3, -0.25) is 0 Å². The van der Waals surface area contributed by atoms with Crippen LogP contribution in [0.2, 0.25) is 0 Å². The molecule has 2 aromatic carbocycles. The highest BCUT2D eigenvalue weighted by molar-refractivity contribution is 5.61. The Labute approximate surface area is 154 Å². The summed E-state index contributed by atoms with van der Waals surface area (Å²) in [5, 5.41) is 0. The molecule has 5 nitrogen and oxygen atoms in total. The van der Waals surface area contributed by atoms with Crippen molar-refractivity contribution in [2.45, 2.75) is 12.5 Å². The lowest BCUT2D eigenvalue weighted by molar-refractivity contribution is 0.355. The van der Waals surface area contributed by atoms with E-state index < -0.39 is 6.04 Å². The third kappa shape index (κ3) is 4.55. The van der Waals surface area contributed by atoms with Gasteiger partial charge in [-0.25, -0.2) is 11.4 Å². The standard InChI is InChI=1S/C21H20N2O3/c1-22-18(12-15-6-9-17(24-3)10-7-15)19(23-2)13-16-8-11-20(25-4)21(14-16)26-5/h6-11,13-14,18H,12H2,3-5H3. The van der Waals surface area contributed by atoms with Gasteiger partial charge in [-0.15, -0.1) is 0 Å². The van der Waals surface area contributed by atoms with Gasteiger partial charge >= 0.3 is 0 Å². The van der Waals surface area contributed by atoms with Gasteiger partial charge in [0.05, 0.1) is 27.9 Å². The van der Waals surface area contributed by atoms with Crippen LogP contribution in [0.3, 0.4) is 0 Å². The van der Waals surface area contributed by atoms with Crippen molar-refractivity contribution in [1.82, 2.24) is 0 Å². The van der Waals surface area contributed by atoms with Crippen molar-refractivity contribution >= 4 is 6.08 Å². The van der Waals surface area contributed by atoms with Gasteiger partial charge in [-0.1, -0.05) is 18.2 Å². The molecule has 26 heavy (non-hydrogen) atoms. The Bertz CT molecular complexity index is 858. The van der Waals surface area contributed by atoms with E-state index in [0.29, 0.717) is 23.6 Å². The summed E-state index contributed by atoms with van der Waals surface area (Å²) in [7, 11) is 4.74. The summed E-state index contributed by atoms with van der Waals surface area (Å²) in [5.41, 5.74) is 2.16. The number of hydrogen-bond acceptors (Lipinski definition) is 3. The maximum absolute atomic E-state index is 7.50. The maximum Gasteiger partial charge on any atom is 0.265 e. The first-order valence-electron chi connectivity index (χ1n) is 7.95. The Morgan fingerprint density at radius 1 is 0.962 bits per heavy atom. The molecule has 1 atom stereocenters. The molecule has 0 bridgehead atoms. The second-order valence-electron chi connectivity index (χ2n) is 5.49. The number of ether oxygens (including phenoxy) is 3. The van der Waals surface area contributed by atoms with Crippen molar-refractivity contribution < 1.29 is 14.2 Å². The minimum atomic E-state index is -0.547. The molecular formula is C21H20N2O3. The molecule has 2 rings (SSSR count). The number of nitrogens with zero attached hydrogens (tertiary/aromatic N) is 2. The fourth-order valence-corrected chi connectivity index (χ4v) is 2.52. The topological polar surface area (TPSA) is 36.4 Å². The highest BCUT2D eigenvalue weighted by Gasteiger charge is 2.21. The predicted molar refractivity (Wildman–Crippen MR) is 101 cm³/mol. The fraction of sp³-hybridized carbons (Fsp3) is 0.238. The quantitative estimate of drug-likeness (QED) is 0.691. The van der Waals surface area contributed by atoms with Crippen LogP contribution < -0.4 is 14.2 Å². The third-order valence-corrected chi connectivity index (χ3v) is 3.94. The molecule has 0 fully saturated rings. The van der Waals surface area contributed by atoms with Gasteiger partial charge in [-0.05, 0) is 41.5 Å². The molecule has 0 aromatic heterocycles. The van der Waals surface area contributed by atoms with Crippen LogP contribution in [0, 0.1) is 13.1 Å². The van der Waals surface area contributed by atoms with E-state index in [2.05, 4.69) is 9.69 Å². The van der Waals surface area contributed by atoms with Crippen LogP contribution in [0.4, 0.5) is 0 Å². The summed E-state index contributed by atoms with van der Waals surface area (Å²) in [6, 6.07) is 12.4. The van der Waals surface area contributed by atoms with Gasteiger partial charge in [-0.2, -0.15) is 0 Å². The Kier molecular flexibility index (Phi) is 6.65. The molecule has 1 unspecified atom stereocenters. The molecule has 0 amide bonds. The molecule has 5 heteroatoms. The number of benzene rings is 2. The average molecular weight is 348 g/mol. The molecule has 0 saturated carbocycles. The summed E-state index contributed by atoms with van der Waals surface area (Å²) in [4.78, 5) is 7.23. The molecule has 0 aliphatic carbocycles. The van der Waals surface area contributed by atoms with Gasteiger partial charge < -0.3 is 19.1 Å². The van der Waals surface area contributed by atoms with Crippen molar-refractivity contribution in [3.8, 4) is 17.2 Å². The van der Waals surface area contributed by atoms with Gasteiger partial charge in [0.2, 0.25) is 5.70 Å². The summed E-state index contributed by atoms with van der Waals surface area (Å²) in [6.07, 6.45) is 2.19. The zero-order valence-electron chi connectivity index (χ0n) is 15.0. The fourth-order valence-electron chi connectivity index (χ4n) is 2.52. The molecule has 0 aliphatic heterocycles. The van der Waals surface area contributed by atoms with Crippen LogP contribution in [0.1, 0.15) is 11.1 Å². The Balaban J connectivity index is 2.27. The Hall–Kier alpha value is -3.44. The highest BCUT2D eigenvalue weighted by Crippen LogP contribution is 2.29. The van der Waals surface area contributed by atoms with E-state index in [1.165, 1.54) is 0 Å². The van der Waals surface area contributed by atoms with Crippen LogP contribution in [0.25, 0.3) is 15.8 Å². The van der Waals surface area contributed by atoms with E-state index >= 15 is 0 Å². The third-order valence-electron chi connectivity index (χ3n) is 3.94. The molecule has 0 spiro atoms. The summed E-state index contributed by atoms with van der Waals surface area (Å²) in [6.45, 7) is 15.0. The molecule has 2 aromatic rings. The number of methoxy groups -OCH3 is 3. The van der Waals surface area contributed by atoms with Gasteiger partial charge in [0.1, 0.15) is 5.75 Å².